The van der Waals surface area contributed by atoms with Crippen LogP contribution in [0.3, 0.4) is 0 Å². The number of halogens is 3. The van der Waals surface area contributed by atoms with Gasteiger partial charge in [0.2, 0.25) is 0 Å². The quantitative estimate of drug-likeness (QED) is 0.686. The topological polar surface area (TPSA) is 43.1 Å². The maximum absolute atomic E-state index is 12.7. The van der Waals surface area contributed by atoms with E-state index in [9.17, 15) is 18.0 Å². The van der Waals surface area contributed by atoms with Crippen LogP contribution in [0.1, 0.15) is 27.0 Å². The van der Waals surface area contributed by atoms with Gasteiger partial charge < -0.3 is 5.73 Å². The van der Waals surface area contributed by atoms with Crippen LogP contribution in [0.2, 0.25) is 0 Å². The summed E-state index contributed by atoms with van der Waals surface area (Å²) in [5.74, 6) is -0.427. The lowest BCUT2D eigenvalue weighted by Gasteiger charge is -2.11. The molecule has 21 heavy (non-hydrogen) atoms. The van der Waals surface area contributed by atoms with E-state index in [0.717, 1.165) is 29.3 Å². The Morgan fingerprint density at radius 3 is 2.48 bits per heavy atom. The summed E-state index contributed by atoms with van der Waals surface area (Å²) in [6.07, 6.45) is -4.47. The van der Waals surface area contributed by atoms with E-state index in [0.29, 0.717) is 0 Å². The van der Waals surface area contributed by atoms with Crippen molar-refractivity contribution < 1.29 is 18.0 Å². The molecular formula is C16H14F3NO. The number of benzene rings is 2. The summed E-state index contributed by atoms with van der Waals surface area (Å²) in [5, 5.41) is 0. The molecule has 2 rings (SSSR count). The van der Waals surface area contributed by atoms with Crippen molar-refractivity contribution >= 4 is 11.5 Å². The molecule has 0 radical (unpaired) electrons. The van der Waals surface area contributed by atoms with Gasteiger partial charge in [0.1, 0.15) is 0 Å². The van der Waals surface area contributed by atoms with E-state index in [1.54, 1.807) is 12.1 Å². The highest BCUT2D eigenvalue weighted by Gasteiger charge is 2.31. The Hall–Kier alpha value is -2.30. The molecule has 5 heteroatoms. The molecule has 0 aliphatic heterocycles. The van der Waals surface area contributed by atoms with E-state index in [1.807, 2.05) is 19.1 Å². The number of nitrogen functional groups attached to an aromatic ring is 1. The van der Waals surface area contributed by atoms with Gasteiger partial charge in [-0.15, -0.1) is 0 Å². The van der Waals surface area contributed by atoms with Crippen molar-refractivity contribution in [2.75, 3.05) is 5.73 Å². The first-order chi connectivity index (χ1) is 9.77. The highest BCUT2D eigenvalue weighted by atomic mass is 19.4. The van der Waals surface area contributed by atoms with Gasteiger partial charge in [0.25, 0.3) is 0 Å². The van der Waals surface area contributed by atoms with Gasteiger partial charge in [0, 0.05) is 17.7 Å². The van der Waals surface area contributed by atoms with Crippen LogP contribution in [-0.2, 0) is 12.6 Å². The first-order valence-corrected chi connectivity index (χ1v) is 6.33. The van der Waals surface area contributed by atoms with Gasteiger partial charge in [0.05, 0.1) is 5.56 Å². The zero-order chi connectivity index (χ0) is 15.6. The summed E-state index contributed by atoms with van der Waals surface area (Å²) in [6, 6.07) is 10.1. The molecule has 2 N–H and O–H groups in total. The number of nitrogens with two attached hydrogens (primary N) is 1. The van der Waals surface area contributed by atoms with E-state index < -0.39 is 17.5 Å². The smallest absolute Gasteiger partial charge is 0.398 e. The molecule has 0 heterocycles. The maximum Gasteiger partial charge on any atom is 0.416 e. The molecule has 0 unspecified atom stereocenters. The average Bonchev–Trinajstić information content (AvgIpc) is 2.37. The Labute approximate surface area is 120 Å². The number of hydrogen-bond acceptors (Lipinski definition) is 2. The fraction of sp³-hybridized carbons (Fsp3) is 0.188. The Kier molecular flexibility index (Phi) is 4.02. The molecule has 0 fully saturated rings. The van der Waals surface area contributed by atoms with Crippen LogP contribution in [0, 0.1) is 6.92 Å². The third-order valence-electron chi connectivity index (χ3n) is 3.13. The SMILES string of the molecule is Cc1cccc(CC(=O)c2cc(C(F)(F)F)ccc2N)c1. The number of anilines is 1. The van der Waals surface area contributed by atoms with E-state index >= 15 is 0 Å². The van der Waals surface area contributed by atoms with Gasteiger partial charge >= 0.3 is 6.18 Å². The largest absolute Gasteiger partial charge is 0.416 e. The predicted octanol–water partition coefficient (Wildman–Crippen LogP) is 4.02. The number of rotatable bonds is 3. The van der Waals surface area contributed by atoms with Gasteiger partial charge in [-0.25, -0.2) is 0 Å². The van der Waals surface area contributed by atoms with Crippen molar-refractivity contribution in [3.63, 3.8) is 0 Å². The number of aryl methyl sites for hydroxylation is 1. The molecule has 110 valence electrons. The number of carbonyl (C=O) groups is 1. The van der Waals surface area contributed by atoms with Gasteiger partial charge in [-0.3, -0.25) is 4.79 Å². The lowest BCUT2D eigenvalue weighted by atomic mass is 9.98. The number of Topliss-reactive ketones (excluding diaryl/α,β-unsaturated/α-hetero) is 1. The monoisotopic (exact) mass is 293 g/mol. The molecule has 2 nitrogen and oxygen atoms in total. The number of hydrogen-bond donors (Lipinski definition) is 1. The minimum absolute atomic E-state index is 0.0210. The second-order valence-corrected chi connectivity index (χ2v) is 4.89. The van der Waals surface area contributed by atoms with Gasteiger partial charge in [-0.05, 0) is 30.7 Å². The molecule has 0 atom stereocenters. The highest BCUT2D eigenvalue weighted by Crippen LogP contribution is 2.31. The molecule has 0 aliphatic carbocycles. The fourth-order valence-corrected chi connectivity index (χ4v) is 2.08. The van der Waals surface area contributed by atoms with Gasteiger partial charge in [-0.1, -0.05) is 29.8 Å². The van der Waals surface area contributed by atoms with Gasteiger partial charge in [0.15, 0.2) is 5.78 Å². The standard InChI is InChI=1S/C16H14F3NO/c1-10-3-2-4-11(7-10)8-15(21)13-9-12(16(17,18)19)5-6-14(13)20/h2-7,9H,8,20H2,1H3. The first kappa shape index (κ1) is 15.1. The van der Waals surface area contributed by atoms with E-state index in [4.69, 9.17) is 5.73 Å². The summed E-state index contributed by atoms with van der Waals surface area (Å²) >= 11 is 0. The van der Waals surface area contributed by atoms with Crippen LogP contribution in [0.15, 0.2) is 42.5 Å². The molecule has 0 saturated carbocycles. The molecule has 0 aliphatic rings. The third-order valence-corrected chi connectivity index (χ3v) is 3.13. The predicted molar refractivity (Wildman–Crippen MR) is 75.1 cm³/mol. The normalized spacial score (nSPS) is 11.4. The summed E-state index contributed by atoms with van der Waals surface area (Å²) in [4.78, 5) is 12.2. The van der Waals surface area contributed by atoms with Crippen molar-refractivity contribution in [3.8, 4) is 0 Å². The minimum Gasteiger partial charge on any atom is -0.398 e. The highest BCUT2D eigenvalue weighted by molar-refractivity contribution is 6.02. The van der Waals surface area contributed by atoms with Crippen LogP contribution >= 0.6 is 0 Å². The van der Waals surface area contributed by atoms with Crippen molar-refractivity contribution in [3.05, 3.63) is 64.7 Å². The Bertz CT molecular complexity index is 677. The maximum atomic E-state index is 12.7. The van der Waals surface area contributed by atoms with Crippen LogP contribution in [-0.4, -0.2) is 5.78 Å². The van der Waals surface area contributed by atoms with E-state index in [2.05, 4.69) is 0 Å². The zero-order valence-electron chi connectivity index (χ0n) is 11.4. The third kappa shape index (κ3) is 3.62. The van der Waals surface area contributed by atoms with Crippen LogP contribution in [0.25, 0.3) is 0 Å². The van der Waals surface area contributed by atoms with Crippen molar-refractivity contribution in [1.82, 2.24) is 0 Å². The van der Waals surface area contributed by atoms with Gasteiger partial charge in [-0.2, -0.15) is 13.2 Å². The van der Waals surface area contributed by atoms with Crippen LogP contribution in [0.5, 0.6) is 0 Å². The summed E-state index contributed by atoms with van der Waals surface area (Å²) < 4.78 is 38.1. The second kappa shape index (κ2) is 5.60. The number of ketones is 1. The Morgan fingerprint density at radius 2 is 1.86 bits per heavy atom. The summed E-state index contributed by atoms with van der Waals surface area (Å²) in [7, 11) is 0. The molecule has 2 aromatic rings. The lowest BCUT2D eigenvalue weighted by molar-refractivity contribution is -0.137. The molecular weight excluding hydrogens is 279 g/mol. The zero-order valence-corrected chi connectivity index (χ0v) is 11.4. The summed E-state index contributed by atoms with van der Waals surface area (Å²) in [5.41, 5.74) is 6.45. The summed E-state index contributed by atoms with van der Waals surface area (Å²) in [6.45, 7) is 1.88. The Morgan fingerprint density at radius 1 is 1.14 bits per heavy atom. The molecule has 0 aromatic heterocycles. The lowest BCUT2D eigenvalue weighted by Crippen LogP contribution is -2.11. The van der Waals surface area contributed by atoms with Crippen molar-refractivity contribution in [2.45, 2.75) is 19.5 Å². The van der Waals surface area contributed by atoms with Crippen LogP contribution < -0.4 is 5.73 Å². The molecule has 2 aromatic carbocycles. The molecule has 0 bridgehead atoms. The fourth-order valence-electron chi connectivity index (χ4n) is 2.08. The number of carbonyl (C=O) groups excluding carboxylic acids is 1. The van der Waals surface area contributed by atoms with E-state index in [1.165, 1.54) is 0 Å². The first-order valence-electron chi connectivity index (χ1n) is 6.33. The molecule has 0 amide bonds. The second-order valence-electron chi connectivity index (χ2n) is 4.89. The minimum atomic E-state index is -4.49. The number of alkyl halides is 3. The van der Waals surface area contributed by atoms with Crippen LogP contribution in [0.4, 0.5) is 18.9 Å². The van der Waals surface area contributed by atoms with E-state index in [-0.39, 0.29) is 17.7 Å². The van der Waals surface area contributed by atoms with Crippen molar-refractivity contribution in [2.24, 2.45) is 0 Å². The Balaban J connectivity index is 2.31. The van der Waals surface area contributed by atoms with Crippen molar-refractivity contribution in [1.29, 1.82) is 0 Å². The molecule has 0 saturated heterocycles. The average molecular weight is 293 g/mol. The molecule has 0 spiro atoms.